The van der Waals surface area contributed by atoms with E-state index in [-0.39, 0.29) is 0 Å². The summed E-state index contributed by atoms with van der Waals surface area (Å²) in [5.74, 6) is 0. The van der Waals surface area contributed by atoms with Crippen LogP contribution in [0.2, 0.25) is 31.9 Å². The van der Waals surface area contributed by atoms with Crippen molar-refractivity contribution in [2.45, 2.75) is 31.9 Å². The van der Waals surface area contributed by atoms with Crippen LogP contribution < -0.4 is 0 Å². The molecular weight excluding hydrogens is 172 g/mol. The molecule has 0 aliphatic rings. The van der Waals surface area contributed by atoms with Crippen molar-refractivity contribution in [1.82, 2.24) is 0 Å². The SMILES string of the molecule is C[Si](C)(CO)C[Si](C)(C)CO. The van der Waals surface area contributed by atoms with Gasteiger partial charge in [0, 0.05) is 12.5 Å². The Bertz CT molecular complexity index is 110. The second-order valence-corrected chi connectivity index (χ2v) is 15.5. The standard InChI is InChI=1S/C7H20O2Si2/c1-10(2,5-8)7-11(3,4)6-9/h8-9H,5-7H2,1-4H3. The molecule has 0 aromatic carbocycles. The first-order valence-corrected chi connectivity index (χ1v) is 10.9. The van der Waals surface area contributed by atoms with Crippen molar-refractivity contribution in [2.24, 2.45) is 0 Å². The van der Waals surface area contributed by atoms with E-state index in [9.17, 15) is 0 Å². The summed E-state index contributed by atoms with van der Waals surface area (Å²) in [7, 11) is -2.75. The van der Waals surface area contributed by atoms with Crippen molar-refractivity contribution in [3.05, 3.63) is 0 Å². The van der Waals surface area contributed by atoms with Crippen LogP contribution in [-0.2, 0) is 0 Å². The van der Waals surface area contributed by atoms with Crippen LogP contribution in [0.3, 0.4) is 0 Å². The molecule has 0 aromatic rings. The van der Waals surface area contributed by atoms with Crippen LogP contribution in [0.1, 0.15) is 0 Å². The second-order valence-electron chi connectivity index (χ2n) is 4.82. The maximum absolute atomic E-state index is 9.06. The van der Waals surface area contributed by atoms with E-state index in [2.05, 4.69) is 26.2 Å². The van der Waals surface area contributed by atoms with E-state index < -0.39 is 16.1 Å². The maximum Gasteiger partial charge on any atom is 0.0748 e. The first kappa shape index (κ1) is 11.4. The molecule has 0 amide bonds. The van der Waals surface area contributed by atoms with Gasteiger partial charge in [0.2, 0.25) is 0 Å². The molecule has 0 fully saturated rings. The van der Waals surface area contributed by atoms with Crippen LogP contribution in [0.15, 0.2) is 0 Å². The lowest BCUT2D eigenvalue weighted by molar-refractivity contribution is 0.354. The Morgan fingerprint density at radius 3 is 1.27 bits per heavy atom. The molecule has 0 spiro atoms. The molecule has 68 valence electrons. The molecular formula is C7H20O2Si2. The predicted molar refractivity (Wildman–Crippen MR) is 53.9 cm³/mol. The average molecular weight is 192 g/mol. The monoisotopic (exact) mass is 192 g/mol. The average Bonchev–Trinajstić information content (AvgIpc) is 1.86. The van der Waals surface area contributed by atoms with E-state index >= 15 is 0 Å². The van der Waals surface area contributed by atoms with Gasteiger partial charge < -0.3 is 10.2 Å². The third kappa shape index (κ3) is 4.73. The van der Waals surface area contributed by atoms with E-state index in [4.69, 9.17) is 10.2 Å². The van der Waals surface area contributed by atoms with Gasteiger partial charge in [-0.05, 0) is 0 Å². The molecule has 2 nitrogen and oxygen atoms in total. The fraction of sp³-hybridized carbons (Fsp3) is 1.00. The van der Waals surface area contributed by atoms with Crippen LogP contribution in [0, 0.1) is 0 Å². The van der Waals surface area contributed by atoms with E-state index in [1.54, 1.807) is 0 Å². The van der Waals surface area contributed by atoms with E-state index in [0.29, 0.717) is 12.5 Å². The lowest BCUT2D eigenvalue weighted by Crippen LogP contribution is -2.44. The normalized spacial score (nSPS) is 13.6. The summed E-state index contributed by atoms with van der Waals surface area (Å²) in [4.78, 5) is 0. The number of aliphatic hydroxyl groups is 2. The first-order valence-electron chi connectivity index (χ1n) is 4.05. The summed E-state index contributed by atoms with van der Waals surface area (Å²) in [6.07, 6.45) is 0.701. The summed E-state index contributed by atoms with van der Waals surface area (Å²) >= 11 is 0. The molecule has 0 atom stereocenters. The zero-order valence-electron chi connectivity index (χ0n) is 8.02. The molecule has 0 radical (unpaired) electrons. The van der Waals surface area contributed by atoms with Gasteiger partial charge in [-0.25, -0.2) is 0 Å². The molecule has 0 saturated carbocycles. The van der Waals surface area contributed by atoms with Gasteiger partial charge in [0.1, 0.15) is 0 Å². The smallest absolute Gasteiger partial charge is 0.0748 e. The van der Waals surface area contributed by atoms with Crippen molar-refractivity contribution in [1.29, 1.82) is 0 Å². The largest absolute Gasteiger partial charge is 0.400 e. The number of aliphatic hydroxyl groups excluding tert-OH is 2. The highest BCUT2D eigenvalue weighted by atomic mass is 28.4. The van der Waals surface area contributed by atoms with Gasteiger partial charge in [-0.15, -0.1) is 0 Å². The Kier molecular flexibility index (Phi) is 3.97. The van der Waals surface area contributed by atoms with Crippen molar-refractivity contribution >= 4 is 16.1 Å². The predicted octanol–water partition coefficient (Wildman–Crippen LogP) is 1.01. The highest BCUT2D eigenvalue weighted by Crippen LogP contribution is 2.18. The molecule has 0 bridgehead atoms. The molecule has 0 saturated heterocycles. The summed E-state index contributed by atoms with van der Waals surface area (Å²) in [5.41, 5.74) is 1.12. The van der Waals surface area contributed by atoms with Gasteiger partial charge in [0.25, 0.3) is 0 Å². The van der Waals surface area contributed by atoms with Crippen molar-refractivity contribution < 1.29 is 10.2 Å². The van der Waals surface area contributed by atoms with Gasteiger partial charge in [-0.3, -0.25) is 0 Å². The zero-order chi connectivity index (χ0) is 9.12. The van der Waals surface area contributed by atoms with Gasteiger partial charge in [-0.2, -0.15) is 0 Å². The zero-order valence-corrected chi connectivity index (χ0v) is 10.0. The highest BCUT2D eigenvalue weighted by Gasteiger charge is 2.30. The van der Waals surface area contributed by atoms with Gasteiger partial charge in [0.05, 0.1) is 16.1 Å². The quantitative estimate of drug-likeness (QED) is 0.653. The minimum Gasteiger partial charge on any atom is -0.400 e. The molecule has 0 aromatic heterocycles. The van der Waals surface area contributed by atoms with Crippen LogP contribution in [0.4, 0.5) is 0 Å². The van der Waals surface area contributed by atoms with Gasteiger partial charge in [-0.1, -0.05) is 31.9 Å². The van der Waals surface area contributed by atoms with E-state index in [1.165, 1.54) is 0 Å². The fourth-order valence-corrected chi connectivity index (χ4v) is 12.7. The third-order valence-electron chi connectivity index (χ3n) is 1.81. The Morgan fingerprint density at radius 1 is 0.818 bits per heavy atom. The topological polar surface area (TPSA) is 40.5 Å². The molecule has 0 aliphatic carbocycles. The third-order valence-corrected chi connectivity index (χ3v) is 11.2. The van der Waals surface area contributed by atoms with E-state index in [1.807, 2.05) is 0 Å². The van der Waals surface area contributed by atoms with Crippen LogP contribution in [-0.4, -0.2) is 38.8 Å². The van der Waals surface area contributed by atoms with Gasteiger partial charge >= 0.3 is 0 Å². The lowest BCUT2D eigenvalue weighted by Gasteiger charge is -2.28. The Hall–Kier alpha value is 0.354. The highest BCUT2D eigenvalue weighted by molar-refractivity contribution is 6.95. The number of hydrogen-bond acceptors (Lipinski definition) is 2. The molecule has 0 heterocycles. The molecule has 0 aliphatic heterocycles. The Labute approximate surface area is 71.3 Å². The summed E-state index contributed by atoms with van der Waals surface area (Å²) in [6.45, 7) is 8.71. The van der Waals surface area contributed by atoms with Crippen molar-refractivity contribution in [2.75, 3.05) is 12.5 Å². The number of rotatable bonds is 4. The molecule has 0 unspecified atom stereocenters. The van der Waals surface area contributed by atoms with E-state index in [0.717, 1.165) is 5.67 Å². The number of hydrogen-bond donors (Lipinski definition) is 2. The maximum atomic E-state index is 9.06. The van der Waals surface area contributed by atoms with Crippen LogP contribution in [0.5, 0.6) is 0 Å². The molecule has 4 heteroatoms. The van der Waals surface area contributed by atoms with Crippen LogP contribution in [0.25, 0.3) is 0 Å². The summed E-state index contributed by atoms with van der Waals surface area (Å²) < 4.78 is 0. The van der Waals surface area contributed by atoms with Crippen molar-refractivity contribution in [3.63, 3.8) is 0 Å². The minimum absolute atomic E-state index is 0.351. The molecule has 2 N–H and O–H groups in total. The summed E-state index contributed by atoms with van der Waals surface area (Å²) in [6, 6.07) is 0. The minimum atomic E-state index is -1.38. The Morgan fingerprint density at radius 2 is 1.09 bits per heavy atom. The molecule has 0 rings (SSSR count). The second kappa shape index (κ2) is 3.84. The lowest BCUT2D eigenvalue weighted by atomic mass is 11.6. The Balaban J connectivity index is 4.02. The van der Waals surface area contributed by atoms with Crippen molar-refractivity contribution in [3.8, 4) is 0 Å². The fourth-order valence-electron chi connectivity index (χ4n) is 1.41. The van der Waals surface area contributed by atoms with Crippen LogP contribution >= 0.6 is 0 Å². The summed E-state index contributed by atoms with van der Waals surface area (Å²) in [5, 5.41) is 18.1. The molecule has 11 heavy (non-hydrogen) atoms. The van der Waals surface area contributed by atoms with Gasteiger partial charge in [0.15, 0.2) is 0 Å². The first-order chi connectivity index (χ1) is 4.83.